The average Bonchev–Trinajstić information content (AvgIpc) is 2.68. The van der Waals surface area contributed by atoms with E-state index in [0.717, 1.165) is 4.90 Å². The summed E-state index contributed by atoms with van der Waals surface area (Å²) in [5.74, 6) is -0.564. The zero-order valence-corrected chi connectivity index (χ0v) is 10.00. The summed E-state index contributed by atoms with van der Waals surface area (Å²) in [6, 6.07) is 0. The molecule has 1 amide bonds. The van der Waals surface area contributed by atoms with Crippen molar-refractivity contribution in [1.82, 2.24) is 4.90 Å². The quantitative estimate of drug-likeness (QED) is 0.724. The molecule has 1 saturated heterocycles. The Morgan fingerprint density at radius 2 is 2.11 bits per heavy atom. The third-order valence-electron chi connectivity index (χ3n) is 2.79. The number of hydrogen-bond acceptors (Lipinski definition) is 4. The second kappa shape index (κ2) is 5.85. The van der Waals surface area contributed by atoms with Crippen molar-refractivity contribution >= 4 is 5.91 Å². The Bertz CT molecular complexity index is 297. The summed E-state index contributed by atoms with van der Waals surface area (Å²) in [6.45, 7) is -0.665. The second-order valence-corrected chi connectivity index (χ2v) is 4.14. The lowest BCUT2D eigenvalue weighted by Crippen LogP contribution is -2.48. The highest BCUT2D eigenvalue weighted by Crippen LogP contribution is 2.37. The van der Waals surface area contributed by atoms with Gasteiger partial charge in [-0.15, -0.1) is 0 Å². The van der Waals surface area contributed by atoms with Gasteiger partial charge in [0.1, 0.15) is 6.61 Å². The van der Waals surface area contributed by atoms with E-state index in [1.54, 1.807) is 0 Å². The van der Waals surface area contributed by atoms with Gasteiger partial charge >= 0.3 is 6.18 Å². The number of carbonyl (C=O) groups is 1. The molecule has 0 aromatic rings. The summed E-state index contributed by atoms with van der Waals surface area (Å²) < 4.78 is 47.1. The van der Waals surface area contributed by atoms with E-state index in [4.69, 9.17) is 4.74 Å². The molecule has 1 unspecified atom stereocenters. The van der Waals surface area contributed by atoms with E-state index >= 15 is 0 Å². The third-order valence-corrected chi connectivity index (χ3v) is 2.79. The van der Waals surface area contributed by atoms with Crippen LogP contribution in [0.1, 0.15) is 6.42 Å². The van der Waals surface area contributed by atoms with Gasteiger partial charge in [0.25, 0.3) is 0 Å². The Balaban J connectivity index is 2.39. The third kappa shape index (κ3) is 3.56. The molecule has 18 heavy (non-hydrogen) atoms. The maximum Gasteiger partial charge on any atom is 0.419 e. The molecule has 1 heterocycles. The summed E-state index contributed by atoms with van der Waals surface area (Å²) in [4.78, 5) is 12.5. The van der Waals surface area contributed by atoms with Crippen LogP contribution in [0.25, 0.3) is 0 Å². The van der Waals surface area contributed by atoms with Crippen LogP contribution in [0.5, 0.6) is 0 Å². The van der Waals surface area contributed by atoms with Gasteiger partial charge in [-0.2, -0.15) is 13.2 Å². The number of methoxy groups -OCH3 is 1. The van der Waals surface area contributed by atoms with Gasteiger partial charge in [0, 0.05) is 20.1 Å². The number of halogens is 3. The molecule has 8 heteroatoms. The van der Waals surface area contributed by atoms with Crippen LogP contribution >= 0.6 is 0 Å². The van der Waals surface area contributed by atoms with Crippen LogP contribution < -0.4 is 0 Å². The Labute approximate surface area is 102 Å². The number of amides is 1. The van der Waals surface area contributed by atoms with Crippen LogP contribution in [0, 0.1) is 0 Å². The van der Waals surface area contributed by atoms with Crippen molar-refractivity contribution < 1.29 is 32.5 Å². The largest absolute Gasteiger partial charge is 0.419 e. The van der Waals surface area contributed by atoms with E-state index in [1.807, 2.05) is 0 Å². The van der Waals surface area contributed by atoms with Crippen molar-refractivity contribution in [2.75, 3.05) is 40.0 Å². The highest BCUT2D eigenvalue weighted by atomic mass is 19.4. The van der Waals surface area contributed by atoms with Crippen LogP contribution in [0.15, 0.2) is 0 Å². The van der Waals surface area contributed by atoms with Gasteiger partial charge in [-0.05, 0) is 0 Å². The Kier molecular flexibility index (Phi) is 4.94. The molecule has 0 aromatic heterocycles. The monoisotopic (exact) mass is 271 g/mol. The zero-order valence-electron chi connectivity index (χ0n) is 10.00. The lowest BCUT2D eigenvalue weighted by Gasteiger charge is -2.25. The number of aliphatic hydroxyl groups is 1. The molecule has 0 aromatic carbocycles. The number of ether oxygens (including phenoxy) is 2. The fourth-order valence-corrected chi connectivity index (χ4v) is 1.63. The van der Waals surface area contributed by atoms with Crippen LogP contribution in [0.2, 0.25) is 0 Å². The number of alkyl halides is 3. The molecule has 1 rings (SSSR count). The molecule has 1 atom stereocenters. The maximum atomic E-state index is 12.5. The zero-order chi connectivity index (χ0) is 13.8. The number of likely N-dealkylation sites (tertiary alicyclic amines) is 1. The van der Waals surface area contributed by atoms with E-state index in [1.165, 1.54) is 7.11 Å². The van der Waals surface area contributed by atoms with Crippen LogP contribution in [0.3, 0.4) is 0 Å². The van der Waals surface area contributed by atoms with Gasteiger partial charge in [-0.3, -0.25) is 4.79 Å². The standard InChI is InChI=1S/C10H16F3NO4/c1-17-4-5-18-6-8(15)14-3-2-9(16,7-14)10(11,12)13/h16H,2-7H2,1H3. The minimum Gasteiger partial charge on any atom is -0.382 e. The number of hydrogen-bond donors (Lipinski definition) is 1. The molecule has 0 saturated carbocycles. The highest BCUT2D eigenvalue weighted by Gasteiger charge is 2.57. The lowest BCUT2D eigenvalue weighted by molar-refractivity contribution is -0.253. The molecular formula is C10H16F3NO4. The molecule has 0 aliphatic carbocycles. The topological polar surface area (TPSA) is 59.0 Å². The SMILES string of the molecule is COCCOCC(=O)N1CCC(O)(C(F)(F)F)C1. The number of rotatable bonds is 5. The van der Waals surface area contributed by atoms with Crippen LogP contribution in [-0.4, -0.2) is 67.7 Å². The van der Waals surface area contributed by atoms with Crippen molar-refractivity contribution in [1.29, 1.82) is 0 Å². The van der Waals surface area contributed by atoms with Gasteiger partial charge in [0.05, 0.1) is 19.8 Å². The van der Waals surface area contributed by atoms with Gasteiger partial charge in [0.15, 0.2) is 5.60 Å². The van der Waals surface area contributed by atoms with Crippen molar-refractivity contribution in [2.24, 2.45) is 0 Å². The molecule has 0 spiro atoms. The molecule has 1 aliphatic rings. The fraction of sp³-hybridized carbons (Fsp3) is 0.900. The molecular weight excluding hydrogens is 255 g/mol. The van der Waals surface area contributed by atoms with Crippen molar-refractivity contribution in [2.45, 2.75) is 18.2 Å². The van der Waals surface area contributed by atoms with E-state index in [2.05, 4.69) is 4.74 Å². The second-order valence-electron chi connectivity index (χ2n) is 4.14. The molecule has 0 radical (unpaired) electrons. The van der Waals surface area contributed by atoms with Crippen LogP contribution in [0.4, 0.5) is 13.2 Å². The molecule has 0 bridgehead atoms. The normalized spacial score (nSPS) is 24.6. The minimum absolute atomic E-state index is 0.123. The van der Waals surface area contributed by atoms with E-state index in [0.29, 0.717) is 6.61 Å². The molecule has 5 nitrogen and oxygen atoms in total. The first kappa shape index (κ1) is 15.2. The van der Waals surface area contributed by atoms with Crippen LogP contribution in [-0.2, 0) is 14.3 Å². The molecule has 1 aliphatic heterocycles. The first-order valence-electron chi connectivity index (χ1n) is 5.44. The fourth-order valence-electron chi connectivity index (χ4n) is 1.63. The summed E-state index contributed by atoms with van der Waals surface area (Å²) >= 11 is 0. The van der Waals surface area contributed by atoms with Gasteiger partial charge < -0.3 is 19.5 Å². The molecule has 106 valence electrons. The predicted molar refractivity (Wildman–Crippen MR) is 54.9 cm³/mol. The van der Waals surface area contributed by atoms with E-state index in [-0.39, 0.29) is 19.8 Å². The van der Waals surface area contributed by atoms with Gasteiger partial charge in [-0.25, -0.2) is 0 Å². The van der Waals surface area contributed by atoms with Crippen molar-refractivity contribution in [3.05, 3.63) is 0 Å². The van der Waals surface area contributed by atoms with Crippen molar-refractivity contribution in [3.63, 3.8) is 0 Å². The predicted octanol–water partition coefficient (Wildman–Crippen LogP) is 0.175. The minimum atomic E-state index is -4.72. The van der Waals surface area contributed by atoms with Gasteiger partial charge in [0.2, 0.25) is 5.91 Å². The summed E-state index contributed by atoms with van der Waals surface area (Å²) in [5, 5.41) is 9.38. The first-order valence-corrected chi connectivity index (χ1v) is 5.44. The number of carbonyl (C=O) groups excluding carboxylic acids is 1. The van der Waals surface area contributed by atoms with Crippen molar-refractivity contribution in [3.8, 4) is 0 Å². The summed E-state index contributed by atoms with van der Waals surface area (Å²) in [5.41, 5.74) is -2.80. The Hall–Kier alpha value is -0.860. The Morgan fingerprint density at radius 3 is 2.61 bits per heavy atom. The molecule has 1 N–H and O–H groups in total. The molecule has 1 fully saturated rings. The summed E-state index contributed by atoms with van der Waals surface area (Å²) in [6.07, 6.45) is -5.22. The first-order chi connectivity index (χ1) is 8.30. The van der Waals surface area contributed by atoms with E-state index in [9.17, 15) is 23.1 Å². The average molecular weight is 271 g/mol. The lowest BCUT2D eigenvalue weighted by atomic mass is 10.0. The smallest absolute Gasteiger partial charge is 0.382 e. The van der Waals surface area contributed by atoms with Gasteiger partial charge in [-0.1, -0.05) is 0 Å². The van der Waals surface area contributed by atoms with E-state index < -0.39 is 30.7 Å². The Morgan fingerprint density at radius 1 is 1.44 bits per heavy atom. The number of β-amino-alcohol motifs (C(OH)–C–C–N with tert-alkyl or cyclic N) is 1. The maximum absolute atomic E-state index is 12.5. The number of nitrogens with zero attached hydrogens (tertiary/aromatic N) is 1. The summed E-state index contributed by atoms with van der Waals surface area (Å²) in [7, 11) is 1.47. The highest BCUT2D eigenvalue weighted by molar-refractivity contribution is 5.77.